The van der Waals surface area contributed by atoms with E-state index in [9.17, 15) is 4.79 Å². The van der Waals surface area contributed by atoms with Gasteiger partial charge in [0.1, 0.15) is 0 Å². The molecule has 1 saturated heterocycles. The molecule has 0 bridgehead atoms. The molecule has 1 heterocycles. The summed E-state index contributed by atoms with van der Waals surface area (Å²) in [7, 11) is 0. The topological polar surface area (TPSA) is 44.4 Å². The van der Waals surface area contributed by atoms with E-state index >= 15 is 0 Å². The van der Waals surface area contributed by atoms with E-state index in [0.717, 1.165) is 38.8 Å². The van der Waals surface area contributed by atoms with E-state index in [0.29, 0.717) is 6.04 Å². The summed E-state index contributed by atoms with van der Waals surface area (Å²) in [6.45, 7) is 4.27. The average Bonchev–Trinajstić information content (AvgIpc) is 2.92. The fourth-order valence-corrected chi connectivity index (χ4v) is 3.58. The van der Waals surface area contributed by atoms with Crippen molar-refractivity contribution >= 4 is 28.8 Å². The van der Waals surface area contributed by atoms with Gasteiger partial charge in [0.05, 0.1) is 0 Å². The van der Waals surface area contributed by atoms with Gasteiger partial charge in [-0.05, 0) is 51.6 Å². The number of likely N-dealkylation sites (tertiary alicyclic amines) is 1. The fourth-order valence-electron chi connectivity index (χ4n) is 2.95. The van der Waals surface area contributed by atoms with Crippen LogP contribution in [0, 0.1) is 5.92 Å². The Hall–Kier alpha value is 0.120. The normalized spacial score (nSPS) is 29.4. The van der Waals surface area contributed by atoms with Gasteiger partial charge in [-0.2, -0.15) is 0 Å². The molecule has 1 amide bonds. The molecule has 0 spiro atoms. The molecule has 0 unspecified atom stereocenters. The van der Waals surface area contributed by atoms with Crippen molar-refractivity contribution in [3.05, 3.63) is 0 Å². The first-order valence-electron chi connectivity index (χ1n) is 7.16. The highest BCUT2D eigenvalue weighted by Crippen LogP contribution is 2.24. The van der Waals surface area contributed by atoms with Crippen molar-refractivity contribution in [1.82, 2.24) is 13.7 Å². The zero-order valence-electron chi connectivity index (χ0n) is 11.0. The van der Waals surface area contributed by atoms with Crippen LogP contribution in [0.5, 0.6) is 0 Å². The quantitative estimate of drug-likeness (QED) is 0.576. The lowest BCUT2D eigenvalue weighted by Crippen LogP contribution is -2.39. The lowest BCUT2D eigenvalue weighted by molar-refractivity contribution is -0.126. The molecule has 1 aliphatic carbocycles. The number of carbonyl (C=O) groups excluding carboxylic acids is 1. The molecule has 0 atom stereocenters. The minimum Gasteiger partial charge on any atom is -0.355 e. The van der Waals surface area contributed by atoms with Gasteiger partial charge in [-0.15, -0.1) is 0 Å². The van der Waals surface area contributed by atoms with Crippen LogP contribution in [0.25, 0.3) is 0 Å². The summed E-state index contributed by atoms with van der Waals surface area (Å²) in [5.74, 6) is 0.533. The van der Waals surface area contributed by atoms with Crippen molar-refractivity contribution in [2.45, 2.75) is 44.6 Å². The van der Waals surface area contributed by atoms with Gasteiger partial charge in [-0.1, -0.05) is 0 Å². The van der Waals surface area contributed by atoms with Crippen LogP contribution in [0.4, 0.5) is 0 Å². The van der Waals surface area contributed by atoms with Gasteiger partial charge in [-0.25, -0.2) is 0 Å². The van der Waals surface area contributed by atoms with Crippen molar-refractivity contribution in [1.29, 1.82) is 0 Å². The van der Waals surface area contributed by atoms with Crippen LogP contribution in [0.1, 0.15) is 38.5 Å². The molecule has 5 heteroatoms. The lowest BCUT2D eigenvalue weighted by Gasteiger charge is -2.27. The second-order valence-electron chi connectivity index (χ2n) is 5.50. The monoisotopic (exact) mass is 365 g/mol. The highest BCUT2D eigenvalue weighted by atomic mass is 127. The van der Waals surface area contributed by atoms with Crippen LogP contribution in [0.15, 0.2) is 0 Å². The van der Waals surface area contributed by atoms with Crippen molar-refractivity contribution in [3.8, 4) is 0 Å². The Bertz CT molecular complexity index is 261. The van der Waals surface area contributed by atoms with E-state index in [1.807, 2.05) is 0 Å². The van der Waals surface area contributed by atoms with Crippen LogP contribution < -0.4 is 8.85 Å². The summed E-state index contributed by atoms with van der Waals surface area (Å²) >= 11 is 2.22. The minimum absolute atomic E-state index is 0.254. The summed E-state index contributed by atoms with van der Waals surface area (Å²) in [6, 6.07) is 0.610. The van der Waals surface area contributed by atoms with Crippen molar-refractivity contribution in [2.75, 3.05) is 26.2 Å². The van der Waals surface area contributed by atoms with Gasteiger partial charge < -0.3 is 10.2 Å². The van der Waals surface area contributed by atoms with E-state index in [1.54, 1.807) is 0 Å². The number of amides is 1. The highest BCUT2D eigenvalue weighted by Gasteiger charge is 2.25. The molecule has 2 rings (SSSR count). The molecular weight excluding hydrogens is 341 g/mol. The summed E-state index contributed by atoms with van der Waals surface area (Å²) in [6.07, 6.45) is 6.98. The first kappa shape index (κ1) is 14.5. The Kier molecular flexibility index (Phi) is 6.17. The lowest BCUT2D eigenvalue weighted by atomic mass is 9.86. The molecule has 2 aliphatic rings. The Morgan fingerprint density at radius 2 is 1.83 bits per heavy atom. The maximum atomic E-state index is 12.0. The summed E-state index contributed by atoms with van der Waals surface area (Å²) in [4.78, 5) is 14.5. The Morgan fingerprint density at radius 1 is 1.17 bits per heavy atom. The number of nitrogens with one attached hydrogen (secondary N) is 2. The molecule has 0 aromatic carbocycles. The number of carbonyl (C=O) groups is 1. The van der Waals surface area contributed by atoms with Gasteiger partial charge in [-0.3, -0.25) is 8.32 Å². The molecule has 104 valence electrons. The summed E-state index contributed by atoms with van der Waals surface area (Å²) in [5, 5.41) is 3.11. The van der Waals surface area contributed by atoms with Gasteiger partial charge in [0, 0.05) is 47.9 Å². The number of nitrogens with zero attached hydrogens (tertiary/aromatic N) is 1. The third kappa shape index (κ3) is 4.35. The molecule has 2 N–H and O–H groups in total. The van der Waals surface area contributed by atoms with E-state index in [2.05, 4.69) is 36.6 Å². The van der Waals surface area contributed by atoms with Crippen LogP contribution in [-0.2, 0) is 4.79 Å². The van der Waals surface area contributed by atoms with Gasteiger partial charge >= 0.3 is 0 Å². The van der Waals surface area contributed by atoms with Crippen LogP contribution in [0.3, 0.4) is 0 Å². The van der Waals surface area contributed by atoms with E-state index in [4.69, 9.17) is 0 Å². The second-order valence-corrected chi connectivity index (χ2v) is 6.12. The molecule has 1 aliphatic heterocycles. The van der Waals surface area contributed by atoms with Crippen molar-refractivity contribution in [3.63, 3.8) is 0 Å². The predicted molar refractivity (Wildman–Crippen MR) is 81.6 cm³/mol. The molecular formula is C13H24IN3O. The molecule has 18 heavy (non-hydrogen) atoms. The van der Waals surface area contributed by atoms with Gasteiger partial charge in [0.25, 0.3) is 0 Å². The van der Waals surface area contributed by atoms with Crippen molar-refractivity contribution in [2.24, 2.45) is 5.92 Å². The third-order valence-electron chi connectivity index (χ3n) is 4.18. The molecule has 1 saturated carbocycles. The minimum atomic E-state index is 0.254. The second kappa shape index (κ2) is 7.65. The number of hydrogen-bond donors (Lipinski definition) is 2. The Labute approximate surface area is 124 Å². The standard InChI is InChI=1S/C13H24IN3O/c14-16-12-5-3-11(4-6-12)13(18)15-7-10-17-8-1-2-9-17/h11-12,16H,1-10H2,(H,15,18)/t11-,12-. The van der Waals surface area contributed by atoms with Gasteiger partial charge in [0.15, 0.2) is 0 Å². The molecule has 0 aromatic heterocycles. The maximum absolute atomic E-state index is 12.0. The fraction of sp³-hybridized carbons (Fsp3) is 0.923. The van der Waals surface area contributed by atoms with E-state index < -0.39 is 0 Å². The molecule has 4 nitrogen and oxygen atoms in total. The highest BCUT2D eigenvalue weighted by molar-refractivity contribution is 14.1. The largest absolute Gasteiger partial charge is 0.355 e. The third-order valence-corrected chi connectivity index (χ3v) is 5.06. The average molecular weight is 365 g/mol. The zero-order valence-corrected chi connectivity index (χ0v) is 13.1. The van der Waals surface area contributed by atoms with Crippen molar-refractivity contribution < 1.29 is 4.79 Å². The summed E-state index contributed by atoms with van der Waals surface area (Å²) < 4.78 is 3.28. The zero-order chi connectivity index (χ0) is 12.8. The first-order chi connectivity index (χ1) is 8.79. The Balaban J connectivity index is 1.59. The number of hydrogen-bond acceptors (Lipinski definition) is 3. The smallest absolute Gasteiger partial charge is 0.223 e. The van der Waals surface area contributed by atoms with Crippen LogP contribution in [0.2, 0.25) is 0 Å². The Morgan fingerprint density at radius 3 is 2.44 bits per heavy atom. The predicted octanol–water partition coefficient (Wildman–Crippen LogP) is 1.70. The van der Waals surface area contributed by atoms with E-state index in [-0.39, 0.29) is 11.8 Å². The molecule has 0 aromatic rings. The first-order valence-corrected chi connectivity index (χ1v) is 8.23. The van der Waals surface area contributed by atoms with Crippen LogP contribution >= 0.6 is 22.9 Å². The number of halogens is 1. The van der Waals surface area contributed by atoms with Crippen LogP contribution in [-0.4, -0.2) is 43.0 Å². The summed E-state index contributed by atoms with van der Waals surface area (Å²) in [5.41, 5.74) is 0. The van der Waals surface area contributed by atoms with E-state index in [1.165, 1.54) is 25.9 Å². The van der Waals surface area contributed by atoms with Gasteiger partial charge in [0.2, 0.25) is 5.91 Å². The maximum Gasteiger partial charge on any atom is 0.223 e. The molecule has 2 fully saturated rings. The SMILES string of the molecule is O=C(NCCN1CCCC1)[C@H]1CC[C@H](NI)CC1. The molecule has 0 radical (unpaired) electrons. The number of rotatable bonds is 5.